The van der Waals surface area contributed by atoms with Crippen molar-refractivity contribution in [3.05, 3.63) is 156 Å². The standard InChI is InChI=1S/C51H57N9O6/c1-7-28-34-22-52-46(61)40-16-13-18-43(58-40)49(64)55-25-37-31(10-4)38-26-56-50(65)44-19-14-17-41(59-44)47(62)53-23-35(28)30(9-3)36(29(34)8-2)24-54-48(63)42-20-15-21-45(60-42)51(66)57-27-39(32(37)11-5)33(38)12-6/h13-21H,7-12,22-27H2,1-6H3,(H,52,61)(H,53,62)(H,54,63)(H,55,64)(H,56,65)(H,57,66). The Morgan fingerprint density at radius 1 is 0.303 bits per heavy atom. The van der Waals surface area contributed by atoms with E-state index in [1.54, 1.807) is 54.6 Å². The predicted octanol–water partition coefficient (Wildman–Crippen LogP) is 5.45. The Labute approximate surface area is 384 Å². The van der Waals surface area contributed by atoms with Gasteiger partial charge in [-0.1, -0.05) is 59.7 Å². The molecule has 3 aliphatic heterocycles. The van der Waals surface area contributed by atoms with Gasteiger partial charge < -0.3 is 31.9 Å². The average molecular weight is 892 g/mol. The summed E-state index contributed by atoms with van der Waals surface area (Å²) in [4.78, 5) is 97.5. The van der Waals surface area contributed by atoms with E-state index in [4.69, 9.17) is 0 Å². The first-order chi connectivity index (χ1) is 32.0. The van der Waals surface area contributed by atoms with E-state index in [-0.39, 0.29) is 73.4 Å². The predicted molar refractivity (Wildman–Crippen MR) is 249 cm³/mol. The van der Waals surface area contributed by atoms with Crippen LogP contribution in [0.5, 0.6) is 0 Å². The smallest absolute Gasteiger partial charge is 0.270 e. The molecule has 0 atom stereocenters. The largest absolute Gasteiger partial charge is 0.347 e. The van der Waals surface area contributed by atoms with Gasteiger partial charge in [0.15, 0.2) is 0 Å². The van der Waals surface area contributed by atoms with Crippen molar-refractivity contribution in [2.24, 2.45) is 0 Å². The van der Waals surface area contributed by atoms with E-state index in [2.05, 4.69) is 46.9 Å². The van der Waals surface area contributed by atoms with Crippen LogP contribution in [0.15, 0.2) is 54.6 Å². The van der Waals surface area contributed by atoms with Crippen molar-refractivity contribution in [3.63, 3.8) is 0 Å². The van der Waals surface area contributed by atoms with Crippen molar-refractivity contribution in [2.45, 2.75) is 119 Å². The Morgan fingerprint density at radius 3 is 0.591 bits per heavy atom. The van der Waals surface area contributed by atoms with Crippen LogP contribution in [0.1, 0.15) is 171 Å². The van der Waals surface area contributed by atoms with Gasteiger partial charge in [0.05, 0.1) is 0 Å². The molecule has 6 heterocycles. The number of nitrogens with zero attached hydrogens (tertiary/aromatic N) is 3. The summed E-state index contributed by atoms with van der Waals surface area (Å²) in [7, 11) is 0. The summed E-state index contributed by atoms with van der Waals surface area (Å²) in [5, 5.41) is 18.4. The zero-order valence-electron chi connectivity index (χ0n) is 38.5. The van der Waals surface area contributed by atoms with Crippen molar-refractivity contribution >= 4 is 35.4 Å². The van der Waals surface area contributed by atoms with Crippen LogP contribution in [0.2, 0.25) is 0 Å². The second kappa shape index (κ2) is 20.7. The maximum atomic E-state index is 14.0. The first kappa shape index (κ1) is 46.7. The van der Waals surface area contributed by atoms with Crippen LogP contribution in [-0.2, 0) is 77.8 Å². The molecule has 0 unspecified atom stereocenters. The average Bonchev–Trinajstić information content (AvgIpc) is 3.35. The van der Waals surface area contributed by atoms with Gasteiger partial charge in [-0.05, 0) is 142 Å². The molecule has 342 valence electrons. The zero-order valence-corrected chi connectivity index (χ0v) is 38.5. The Kier molecular flexibility index (Phi) is 14.6. The number of fused-ring (bicyclic) bond motifs is 12. The summed E-state index contributed by atoms with van der Waals surface area (Å²) in [5.41, 5.74) is 10.9. The number of amides is 6. The van der Waals surface area contributed by atoms with Crippen LogP contribution >= 0.6 is 0 Å². The number of rotatable bonds is 6. The summed E-state index contributed by atoms with van der Waals surface area (Å²) in [5.74, 6) is -2.87. The lowest BCUT2D eigenvalue weighted by Crippen LogP contribution is -2.32. The first-order valence-electron chi connectivity index (χ1n) is 22.9. The fourth-order valence-corrected chi connectivity index (χ4v) is 9.64. The number of aromatic nitrogens is 3. The molecule has 15 nitrogen and oxygen atoms in total. The summed E-state index contributed by atoms with van der Waals surface area (Å²) in [6, 6.07) is 14.2. The molecule has 66 heavy (non-hydrogen) atoms. The molecule has 3 aromatic heterocycles. The lowest BCUT2D eigenvalue weighted by Gasteiger charge is -2.27. The van der Waals surface area contributed by atoms with Gasteiger partial charge in [-0.3, -0.25) is 28.8 Å². The highest BCUT2D eigenvalue weighted by atomic mass is 16.2. The van der Waals surface area contributed by atoms with Crippen molar-refractivity contribution in [1.29, 1.82) is 0 Å². The summed E-state index contributed by atoms with van der Waals surface area (Å²) in [6.45, 7) is 12.6. The van der Waals surface area contributed by atoms with Gasteiger partial charge in [0.25, 0.3) is 35.4 Å². The van der Waals surface area contributed by atoms with E-state index in [0.29, 0.717) is 38.5 Å². The Morgan fingerprint density at radius 2 is 0.455 bits per heavy atom. The highest BCUT2D eigenvalue weighted by molar-refractivity contribution is 5.98. The van der Waals surface area contributed by atoms with Gasteiger partial charge >= 0.3 is 0 Å². The molecule has 0 saturated carbocycles. The van der Waals surface area contributed by atoms with Gasteiger partial charge in [-0.15, -0.1) is 0 Å². The third-order valence-electron chi connectivity index (χ3n) is 12.7. The maximum absolute atomic E-state index is 14.0. The normalized spacial score (nSPS) is 14.8. The molecule has 0 radical (unpaired) electrons. The molecular formula is C51H57N9O6. The number of carbonyl (C=O) groups excluding carboxylic acids is 6. The molecule has 2 aromatic carbocycles. The van der Waals surface area contributed by atoms with E-state index in [9.17, 15) is 28.8 Å². The van der Waals surface area contributed by atoms with Crippen LogP contribution in [0, 0.1) is 0 Å². The molecule has 0 fully saturated rings. The van der Waals surface area contributed by atoms with Crippen LogP contribution in [-0.4, -0.2) is 50.4 Å². The molecule has 15 heteroatoms. The molecule has 0 saturated heterocycles. The number of carbonyl (C=O) groups is 6. The summed E-state index contributed by atoms with van der Waals surface area (Å²) in [6.07, 6.45) is 3.29. The maximum Gasteiger partial charge on any atom is 0.270 e. The van der Waals surface area contributed by atoms with Gasteiger partial charge in [-0.2, -0.15) is 0 Å². The number of nitrogens with one attached hydrogen (secondary N) is 6. The zero-order chi connectivity index (χ0) is 47.1. The van der Waals surface area contributed by atoms with Crippen LogP contribution in [0.25, 0.3) is 0 Å². The molecule has 0 spiro atoms. The molecule has 6 amide bonds. The van der Waals surface area contributed by atoms with Crippen molar-refractivity contribution in [3.8, 4) is 0 Å². The quantitative estimate of drug-likeness (QED) is 0.128. The minimum Gasteiger partial charge on any atom is -0.347 e. The third kappa shape index (κ3) is 9.42. The first-order valence-corrected chi connectivity index (χ1v) is 22.9. The van der Waals surface area contributed by atoms with E-state index in [0.717, 1.165) is 66.8 Å². The third-order valence-corrected chi connectivity index (χ3v) is 12.7. The molecule has 6 N–H and O–H groups in total. The molecule has 12 bridgehead atoms. The lowest BCUT2D eigenvalue weighted by atomic mass is 9.83. The molecule has 0 aliphatic carbocycles. The number of hydrogen-bond acceptors (Lipinski definition) is 9. The Bertz CT molecular complexity index is 2260. The topological polar surface area (TPSA) is 213 Å². The Hall–Kier alpha value is -7.29. The molecule has 8 rings (SSSR count). The van der Waals surface area contributed by atoms with Crippen LogP contribution < -0.4 is 31.9 Å². The van der Waals surface area contributed by atoms with E-state index in [1.807, 2.05) is 41.5 Å². The molecular weight excluding hydrogens is 835 g/mol. The van der Waals surface area contributed by atoms with Crippen molar-refractivity contribution < 1.29 is 28.8 Å². The minimum atomic E-state index is -0.478. The number of benzene rings is 2. The second-order valence-corrected chi connectivity index (χ2v) is 16.2. The monoisotopic (exact) mass is 891 g/mol. The van der Waals surface area contributed by atoms with Gasteiger partial charge in [0.2, 0.25) is 0 Å². The highest BCUT2D eigenvalue weighted by Crippen LogP contribution is 2.33. The van der Waals surface area contributed by atoms with Crippen molar-refractivity contribution in [1.82, 2.24) is 46.9 Å². The summed E-state index contributed by atoms with van der Waals surface area (Å²) < 4.78 is 0. The highest BCUT2D eigenvalue weighted by Gasteiger charge is 2.27. The molecule has 5 aromatic rings. The fraction of sp³-hybridized carbons (Fsp3) is 0.353. The number of hydrogen-bond donors (Lipinski definition) is 6. The lowest BCUT2D eigenvalue weighted by molar-refractivity contribution is 0.0926. The van der Waals surface area contributed by atoms with E-state index < -0.39 is 35.4 Å². The summed E-state index contributed by atoms with van der Waals surface area (Å²) >= 11 is 0. The van der Waals surface area contributed by atoms with Crippen molar-refractivity contribution in [2.75, 3.05) is 0 Å². The number of pyridine rings is 3. The van der Waals surface area contributed by atoms with E-state index >= 15 is 0 Å². The Balaban J connectivity index is 1.48. The van der Waals surface area contributed by atoms with Gasteiger partial charge in [-0.25, -0.2) is 15.0 Å². The molecule has 3 aliphatic rings. The van der Waals surface area contributed by atoms with Gasteiger partial charge in [0, 0.05) is 39.3 Å². The second-order valence-electron chi connectivity index (χ2n) is 16.2. The van der Waals surface area contributed by atoms with Gasteiger partial charge in [0.1, 0.15) is 34.2 Å². The van der Waals surface area contributed by atoms with Crippen LogP contribution in [0.4, 0.5) is 0 Å². The fourth-order valence-electron chi connectivity index (χ4n) is 9.64. The van der Waals surface area contributed by atoms with E-state index in [1.165, 1.54) is 0 Å². The minimum absolute atomic E-state index is 0.0594. The SMILES string of the molecule is CCc1c2c(CC)c3c(CC)c1CNC(=O)c1cccc(n1)C(=O)NCc1c(CC)c(c(CC)c(c1CC)CNC(=O)c1cccc(n1)C(=O)NC3)CNC(=O)c1cccc(n1)C(=O)NC2. The van der Waals surface area contributed by atoms with Crippen LogP contribution in [0.3, 0.4) is 0 Å².